The zero-order valence-corrected chi connectivity index (χ0v) is 20.7. The third-order valence-electron chi connectivity index (χ3n) is 7.03. The number of fused-ring (bicyclic) bond motifs is 1. The highest BCUT2D eigenvalue weighted by atomic mass is 16.2. The maximum absolute atomic E-state index is 13.1. The van der Waals surface area contributed by atoms with Crippen LogP contribution in [0.4, 0.5) is 11.4 Å². The van der Waals surface area contributed by atoms with E-state index in [0.29, 0.717) is 30.0 Å². The molecule has 3 aliphatic heterocycles. The zero-order valence-electron chi connectivity index (χ0n) is 20.7. The Kier molecular flexibility index (Phi) is 6.02. The van der Waals surface area contributed by atoms with E-state index < -0.39 is 17.9 Å². The monoisotopic (exact) mass is 528 g/mol. The average molecular weight is 529 g/mol. The van der Waals surface area contributed by atoms with E-state index in [4.69, 9.17) is 0 Å². The Hall–Kier alpha value is -5.07. The van der Waals surface area contributed by atoms with Crippen LogP contribution in [0.25, 0.3) is 5.69 Å². The number of carbonyl (C=O) groups excluding carboxylic acids is 5. The number of imide groups is 1. The van der Waals surface area contributed by atoms with Gasteiger partial charge in [0.25, 0.3) is 11.8 Å². The van der Waals surface area contributed by atoms with Crippen molar-refractivity contribution < 1.29 is 24.0 Å². The predicted octanol–water partition coefficient (Wildman–Crippen LogP) is 0.217. The Bertz CT molecular complexity index is 1530. The van der Waals surface area contributed by atoms with E-state index in [1.807, 2.05) is 17.0 Å². The van der Waals surface area contributed by atoms with Crippen molar-refractivity contribution in [1.29, 1.82) is 0 Å². The van der Waals surface area contributed by atoms with Crippen molar-refractivity contribution >= 4 is 40.9 Å². The number of anilines is 2. The first-order valence-electron chi connectivity index (χ1n) is 12.5. The Morgan fingerprint density at radius 1 is 1.03 bits per heavy atom. The van der Waals surface area contributed by atoms with Crippen LogP contribution >= 0.6 is 0 Å². The van der Waals surface area contributed by atoms with Crippen molar-refractivity contribution in [2.24, 2.45) is 0 Å². The molecule has 0 bridgehead atoms. The quantitative estimate of drug-likeness (QED) is 0.397. The van der Waals surface area contributed by atoms with Crippen LogP contribution in [0.3, 0.4) is 0 Å². The number of amides is 5. The maximum Gasteiger partial charge on any atom is 0.277 e. The molecule has 2 aromatic carbocycles. The fraction of sp³-hybridized carbons (Fsp3) is 0.269. The molecule has 3 N–H and O–H groups in total. The highest BCUT2D eigenvalue weighted by molar-refractivity contribution is 6.06. The lowest BCUT2D eigenvalue weighted by molar-refractivity contribution is -0.137. The molecule has 6 rings (SSSR count). The first kappa shape index (κ1) is 24.3. The molecule has 13 nitrogen and oxygen atoms in total. The second-order valence-electron chi connectivity index (χ2n) is 9.53. The lowest BCUT2D eigenvalue weighted by Gasteiger charge is -2.30. The van der Waals surface area contributed by atoms with Gasteiger partial charge in [-0.05, 0) is 36.2 Å². The van der Waals surface area contributed by atoms with Crippen LogP contribution in [0.15, 0.2) is 48.7 Å². The van der Waals surface area contributed by atoms with Crippen molar-refractivity contribution in [3.63, 3.8) is 0 Å². The molecule has 13 heteroatoms. The van der Waals surface area contributed by atoms with Gasteiger partial charge < -0.3 is 20.4 Å². The van der Waals surface area contributed by atoms with E-state index in [0.717, 1.165) is 11.3 Å². The number of hydrogen-bond acceptors (Lipinski definition) is 8. The number of piperazine rings is 1. The minimum absolute atomic E-state index is 0.0678. The first-order chi connectivity index (χ1) is 18.9. The summed E-state index contributed by atoms with van der Waals surface area (Å²) in [6, 6.07) is 11.7. The number of carbonyl (C=O) groups is 5. The summed E-state index contributed by atoms with van der Waals surface area (Å²) in [6.07, 6.45) is 1.93. The van der Waals surface area contributed by atoms with Gasteiger partial charge in [-0.3, -0.25) is 29.3 Å². The van der Waals surface area contributed by atoms with E-state index in [-0.39, 0.29) is 49.3 Å². The maximum atomic E-state index is 13.1. The SMILES string of the molecule is O=C1CN(c2ccccc2NC(=O)c2cn(-c3ccc4c(c3)C(=O)N(C3CCC(=O)NC3=O)C4)nn2)CCN1. The number of nitrogens with one attached hydrogen (secondary N) is 3. The summed E-state index contributed by atoms with van der Waals surface area (Å²) < 4.78 is 1.40. The van der Waals surface area contributed by atoms with Gasteiger partial charge in [0.05, 0.1) is 29.8 Å². The van der Waals surface area contributed by atoms with Gasteiger partial charge in [-0.25, -0.2) is 4.68 Å². The Balaban J connectivity index is 1.18. The summed E-state index contributed by atoms with van der Waals surface area (Å²) in [5.74, 6) is -1.67. The minimum Gasteiger partial charge on any atom is -0.359 e. The molecular formula is C26H24N8O5. The van der Waals surface area contributed by atoms with Gasteiger partial charge in [0.1, 0.15) is 6.04 Å². The minimum atomic E-state index is -0.699. The molecule has 1 atom stereocenters. The molecule has 2 fully saturated rings. The van der Waals surface area contributed by atoms with Gasteiger partial charge in [0, 0.05) is 31.6 Å². The number of benzene rings is 2. The van der Waals surface area contributed by atoms with Gasteiger partial charge in [-0.2, -0.15) is 0 Å². The normalized spacial score (nSPS) is 19.0. The molecule has 4 heterocycles. The van der Waals surface area contributed by atoms with E-state index in [1.165, 1.54) is 15.8 Å². The molecule has 0 aliphatic carbocycles. The van der Waals surface area contributed by atoms with Crippen molar-refractivity contribution in [1.82, 2.24) is 30.5 Å². The number of piperidine rings is 1. The molecule has 5 amide bonds. The first-order valence-corrected chi connectivity index (χ1v) is 12.5. The topological polar surface area (TPSA) is 159 Å². The van der Waals surface area contributed by atoms with Gasteiger partial charge >= 0.3 is 0 Å². The molecule has 2 saturated heterocycles. The third kappa shape index (κ3) is 4.58. The fourth-order valence-electron chi connectivity index (χ4n) is 5.06. The third-order valence-corrected chi connectivity index (χ3v) is 7.03. The van der Waals surface area contributed by atoms with Gasteiger partial charge in [-0.15, -0.1) is 5.10 Å². The molecule has 0 radical (unpaired) electrons. The van der Waals surface area contributed by atoms with E-state index >= 15 is 0 Å². The molecule has 0 spiro atoms. The molecule has 198 valence electrons. The van der Waals surface area contributed by atoms with Crippen LogP contribution in [0, 0.1) is 0 Å². The molecule has 1 unspecified atom stereocenters. The van der Waals surface area contributed by atoms with E-state index in [2.05, 4.69) is 26.3 Å². The molecule has 3 aliphatic rings. The highest BCUT2D eigenvalue weighted by Gasteiger charge is 2.39. The van der Waals surface area contributed by atoms with Crippen molar-refractivity contribution in [2.75, 3.05) is 29.9 Å². The standard InChI is InChI=1S/C26H24N8O5/c35-22-8-7-21(25(38)29-22)33-12-15-5-6-16(11-17(15)26(33)39)34-13-19(30-31-34)24(37)28-18-3-1-2-4-20(18)32-10-9-27-23(36)14-32/h1-6,11,13,21H,7-10,12,14H2,(H,27,36)(H,28,37)(H,29,35,38). The van der Waals surface area contributed by atoms with Crippen LogP contribution in [0.5, 0.6) is 0 Å². The summed E-state index contributed by atoms with van der Waals surface area (Å²) in [5.41, 5.74) is 3.05. The molecule has 39 heavy (non-hydrogen) atoms. The summed E-state index contributed by atoms with van der Waals surface area (Å²) in [4.78, 5) is 65.1. The number of aromatic nitrogens is 3. The number of para-hydroxylation sites is 2. The van der Waals surface area contributed by atoms with E-state index in [9.17, 15) is 24.0 Å². The number of nitrogens with zero attached hydrogens (tertiary/aromatic N) is 5. The molecule has 1 aromatic heterocycles. The van der Waals surface area contributed by atoms with Crippen LogP contribution in [0.2, 0.25) is 0 Å². The van der Waals surface area contributed by atoms with Gasteiger partial charge in [0.2, 0.25) is 17.7 Å². The van der Waals surface area contributed by atoms with Crippen LogP contribution in [-0.2, 0) is 20.9 Å². The van der Waals surface area contributed by atoms with Gasteiger partial charge in [-0.1, -0.05) is 23.4 Å². The van der Waals surface area contributed by atoms with Crippen LogP contribution < -0.4 is 20.9 Å². The predicted molar refractivity (Wildman–Crippen MR) is 137 cm³/mol. The van der Waals surface area contributed by atoms with E-state index in [1.54, 1.807) is 30.3 Å². The Labute approximate surface area is 222 Å². The lowest BCUT2D eigenvalue weighted by Crippen LogP contribution is -2.52. The molecular weight excluding hydrogens is 504 g/mol. The largest absolute Gasteiger partial charge is 0.359 e. The van der Waals surface area contributed by atoms with Crippen molar-refractivity contribution in [3.8, 4) is 5.69 Å². The zero-order chi connectivity index (χ0) is 27.1. The van der Waals surface area contributed by atoms with Crippen LogP contribution in [0.1, 0.15) is 39.3 Å². The summed E-state index contributed by atoms with van der Waals surface area (Å²) in [7, 11) is 0. The molecule has 0 saturated carbocycles. The van der Waals surface area contributed by atoms with Crippen LogP contribution in [-0.4, -0.2) is 75.1 Å². The van der Waals surface area contributed by atoms with Crippen molar-refractivity contribution in [3.05, 3.63) is 65.5 Å². The fourth-order valence-corrected chi connectivity index (χ4v) is 5.06. The second-order valence-corrected chi connectivity index (χ2v) is 9.53. The molecule has 3 aromatic rings. The summed E-state index contributed by atoms with van der Waals surface area (Å²) >= 11 is 0. The Morgan fingerprint density at radius 2 is 1.87 bits per heavy atom. The Morgan fingerprint density at radius 3 is 2.69 bits per heavy atom. The van der Waals surface area contributed by atoms with Crippen molar-refractivity contribution in [2.45, 2.75) is 25.4 Å². The smallest absolute Gasteiger partial charge is 0.277 e. The number of hydrogen-bond donors (Lipinski definition) is 3. The highest BCUT2D eigenvalue weighted by Crippen LogP contribution is 2.29. The van der Waals surface area contributed by atoms with Gasteiger partial charge in [0.15, 0.2) is 5.69 Å². The second kappa shape index (κ2) is 9.67. The summed E-state index contributed by atoms with van der Waals surface area (Å²) in [6.45, 7) is 1.60. The summed E-state index contributed by atoms with van der Waals surface area (Å²) in [5, 5.41) is 16.0. The number of rotatable bonds is 5. The lowest BCUT2D eigenvalue weighted by atomic mass is 10.0. The average Bonchev–Trinajstić information content (AvgIpc) is 3.54.